The normalized spacial score (nSPS) is 22.0. The molecule has 0 aliphatic heterocycles. The van der Waals surface area contributed by atoms with Gasteiger partial charge in [-0.25, -0.2) is 4.98 Å². The average molecular weight is 369 g/mol. The van der Waals surface area contributed by atoms with Gasteiger partial charge >= 0.3 is 0 Å². The molecular weight excluding hydrogens is 336 g/mol. The number of imidazole rings is 1. The van der Waals surface area contributed by atoms with Gasteiger partial charge in [0, 0.05) is 24.8 Å². The molecule has 1 atom stereocenters. The summed E-state index contributed by atoms with van der Waals surface area (Å²) in [5.74, 6) is 1.80. The Morgan fingerprint density at radius 2 is 2.04 bits per heavy atom. The van der Waals surface area contributed by atoms with E-state index in [0.29, 0.717) is 18.2 Å². The lowest BCUT2D eigenvalue weighted by Crippen LogP contribution is -2.20. The lowest BCUT2D eigenvalue weighted by Gasteiger charge is -2.29. The number of aryl methyl sites for hydroxylation is 1. The van der Waals surface area contributed by atoms with Gasteiger partial charge in [-0.2, -0.15) is 0 Å². The van der Waals surface area contributed by atoms with Gasteiger partial charge in [0.15, 0.2) is 0 Å². The van der Waals surface area contributed by atoms with Crippen molar-refractivity contribution in [1.29, 1.82) is 0 Å². The van der Waals surface area contributed by atoms with E-state index in [-0.39, 0.29) is 11.3 Å². The van der Waals surface area contributed by atoms with E-state index < -0.39 is 5.60 Å². The van der Waals surface area contributed by atoms with Crippen molar-refractivity contribution in [3.63, 3.8) is 0 Å². The van der Waals surface area contributed by atoms with Crippen LogP contribution in [-0.4, -0.2) is 20.4 Å². The monoisotopic (exact) mass is 368 g/mol. The number of ketones is 1. The Balaban J connectivity index is 1.55. The zero-order chi connectivity index (χ0) is 19.4. The van der Waals surface area contributed by atoms with Gasteiger partial charge in [-0.15, -0.1) is 0 Å². The molecule has 1 N–H and O–H groups in total. The van der Waals surface area contributed by atoms with Crippen LogP contribution in [0.1, 0.15) is 83.6 Å². The number of benzene rings is 1. The molecule has 0 bridgehead atoms. The third-order valence-corrected chi connectivity index (χ3v) is 6.63. The Hall–Kier alpha value is -1.68. The molecule has 0 radical (unpaired) electrons. The van der Waals surface area contributed by atoms with Crippen LogP contribution >= 0.6 is 0 Å². The summed E-state index contributed by atoms with van der Waals surface area (Å²) in [6, 6.07) is 6.62. The lowest BCUT2D eigenvalue weighted by molar-refractivity contribution is -0.121. The quantitative estimate of drug-likeness (QED) is 0.754. The summed E-state index contributed by atoms with van der Waals surface area (Å²) in [5, 5.41) is 10.4. The van der Waals surface area contributed by atoms with E-state index >= 15 is 0 Å². The first-order chi connectivity index (χ1) is 12.7. The molecule has 0 saturated heterocycles. The van der Waals surface area contributed by atoms with Gasteiger partial charge in [0.1, 0.15) is 11.6 Å². The molecule has 1 aromatic heterocycles. The molecule has 2 aliphatic carbocycles. The number of Topliss-reactive ketones (excluding diaryl/α,β-unsaturated/α-hetero) is 1. The molecule has 1 unspecified atom stereocenters. The van der Waals surface area contributed by atoms with Gasteiger partial charge in [-0.3, -0.25) is 4.79 Å². The van der Waals surface area contributed by atoms with Gasteiger partial charge in [0.25, 0.3) is 0 Å². The minimum absolute atomic E-state index is 0.226. The SMILES string of the molecule is CC(C)(O)c1ccc2nc(CCCC(=O)C3CC3(C)C)n(C3CCC3)c2c1. The molecule has 1 heterocycles. The molecule has 2 fully saturated rings. The maximum Gasteiger partial charge on any atom is 0.136 e. The van der Waals surface area contributed by atoms with Crippen molar-refractivity contribution in [2.24, 2.45) is 11.3 Å². The number of nitrogens with zero attached hydrogens (tertiary/aromatic N) is 2. The second-order valence-electron chi connectivity index (χ2n) is 9.81. The van der Waals surface area contributed by atoms with Gasteiger partial charge in [0.05, 0.1) is 16.6 Å². The van der Waals surface area contributed by atoms with Gasteiger partial charge in [0.2, 0.25) is 0 Å². The molecule has 27 heavy (non-hydrogen) atoms. The summed E-state index contributed by atoms with van der Waals surface area (Å²) in [6.45, 7) is 8.02. The third-order valence-electron chi connectivity index (χ3n) is 6.63. The van der Waals surface area contributed by atoms with E-state index in [2.05, 4.69) is 24.5 Å². The summed E-state index contributed by atoms with van der Waals surface area (Å²) < 4.78 is 2.39. The van der Waals surface area contributed by atoms with Crippen molar-refractivity contribution in [2.75, 3.05) is 0 Å². The zero-order valence-corrected chi connectivity index (χ0v) is 17.1. The summed E-state index contributed by atoms with van der Waals surface area (Å²) in [5.41, 5.74) is 2.42. The average Bonchev–Trinajstić information content (AvgIpc) is 3.03. The highest BCUT2D eigenvalue weighted by Gasteiger charge is 2.49. The van der Waals surface area contributed by atoms with Crippen LogP contribution in [-0.2, 0) is 16.8 Å². The summed E-state index contributed by atoms with van der Waals surface area (Å²) in [4.78, 5) is 17.3. The van der Waals surface area contributed by atoms with Crippen LogP contribution in [0.3, 0.4) is 0 Å². The molecule has 0 amide bonds. The third kappa shape index (κ3) is 3.56. The van der Waals surface area contributed by atoms with Crippen LogP contribution in [0.5, 0.6) is 0 Å². The van der Waals surface area contributed by atoms with Crippen molar-refractivity contribution in [3.05, 3.63) is 29.6 Å². The molecule has 4 nitrogen and oxygen atoms in total. The first-order valence-electron chi connectivity index (χ1n) is 10.4. The topological polar surface area (TPSA) is 55.1 Å². The second-order valence-corrected chi connectivity index (χ2v) is 9.81. The van der Waals surface area contributed by atoms with Crippen molar-refractivity contribution >= 4 is 16.8 Å². The predicted molar refractivity (Wildman–Crippen MR) is 108 cm³/mol. The summed E-state index contributed by atoms with van der Waals surface area (Å²) in [6.07, 6.45) is 7.09. The highest BCUT2D eigenvalue weighted by atomic mass is 16.3. The van der Waals surface area contributed by atoms with Crippen LogP contribution in [0, 0.1) is 11.3 Å². The molecule has 2 aliphatic rings. The maximum absolute atomic E-state index is 12.4. The summed E-state index contributed by atoms with van der Waals surface area (Å²) in [7, 11) is 0. The molecule has 4 rings (SSSR count). The van der Waals surface area contributed by atoms with Crippen LogP contribution in [0.15, 0.2) is 18.2 Å². The van der Waals surface area contributed by atoms with Crippen LogP contribution in [0.2, 0.25) is 0 Å². The smallest absolute Gasteiger partial charge is 0.136 e. The van der Waals surface area contributed by atoms with E-state index in [0.717, 1.165) is 41.7 Å². The number of carbonyl (C=O) groups is 1. The largest absolute Gasteiger partial charge is 0.386 e. The Bertz CT molecular complexity index is 868. The van der Waals surface area contributed by atoms with E-state index in [1.54, 1.807) is 0 Å². The van der Waals surface area contributed by atoms with Crippen LogP contribution in [0.25, 0.3) is 11.0 Å². The number of carbonyl (C=O) groups excluding carboxylic acids is 1. The zero-order valence-electron chi connectivity index (χ0n) is 17.1. The van der Waals surface area contributed by atoms with E-state index in [9.17, 15) is 9.90 Å². The highest BCUT2D eigenvalue weighted by molar-refractivity contribution is 5.84. The van der Waals surface area contributed by atoms with Crippen LogP contribution in [0.4, 0.5) is 0 Å². The fourth-order valence-electron chi connectivity index (χ4n) is 4.36. The Morgan fingerprint density at radius 1 is 1.33 bits per heavy atom. The molecule has 2 saturated carbocycles. The number of hydrogen-bond acceptors (Lipinski definition) is 3. The predicted octanol–water partition coefficient (Wildman–Crippen LogP) is 4.93. The minimum atomic E-state index is -0.855. The maximum atomic E-state index is 12.4. The Kier molecular flexibility index (Phi) is 4.45. The van der Waals surface area contributed by atoms with Crippen molar-refractivity contribution in [2.45, 2.75) is 84.3 Å². The highest BCUT2D eigenvalue weighted by Crippen LogP contribution is 2.52. The van der Waals surface area contributed by atoms with Crippen molar-refractivity contribution < 1.29 is 9.90 Å². The molecule has 146 valence electrons. The number of rotatable bonds is 7. The van der Waals surface area contributed by atoms with Gasteiger partial charge in [-0.1, -0.05) is 19.9 Å². The van der Waals surface area contributed by atoms with Crippen molar-refractivity contribution in [1.82, 2.24) is 9.55 Å². The number of aromatic nitrogens is 2. The molecule has 0 spiro atoms. The number of fused-ring (bicyclic) bond motifs is 1. The fourth-order valence-corrected chi connectivity index (χ4v) is 4.36. The lowest BCUT2D eigenvalue weighted by atomic mass is 9.92. The standard InChI is InChI=1S/C23H32N2O2/c1-22(2)14-17(22)20(26)9-6-10-21-24-18-12-11-15(23(3,4)27)13-19(18)25(21)16-7-5-8-16/h11-13,16-17,27H,5-10,14H2,1-4H3. The van der Waals surface area contributed by atoms with E-state index in [1.807, 2.05) is 26.0 Å². The molecule has 2 aromatic rings. The van der Waals surface area contributed by atoms with Gasteiger partial charge < -0.3 is 9.67 Å². The van der Waals surface area contributed by atoms with E-state index in [1.165, 1.54) is 19.3 Å². The Morgan fingerprint density at radius 3 is 2.59 bits per heavy atom. The van der Waals surface area contributed by atoms with Crippen LogP contribution < -0.4 is 0 Å². The molecule has 4 heteroatoms. The molecule has 1 aromatic carbocycles. The first kappa shape index (κ1) is 18.7. The second kappa shape index (κ2) is 6.44. The number of aliphatic hydroxyl groups is 1. The first-order valence-corrected chi connectivity index (χ1v) is 10.4. The minimum Gasteiger partial charge on any atom is -0.386 e. The number of hydrogen-bond donors (Lipinski definition) is 1. The summed E-state index contributed by atoms with van der Waals surface area (Å²) >= 11 is 0. The fraction of sp³-hybridized carbons (Fsp3) is 0.652. The van der Waals surface area contributed by atoms with E-state index in [4.69, 9.17) is 4.98 Å². The Labute approximate surface area is 162 Å². The van der Waals surface area contributed by atoms with Crippen molar-refractivity contribution in [3.8, 4) is 0 Å². The molecular formula is C23H32N2O2. The van der Waals surface area contributed by atoms with Gasteiger partial charge in [-0.05, 0) is 69.1 Å².